The first-order valence-electron chi connectivity index (χ1n) is 16.0. The Morgan fingerprint density at radius 2 is 1.87 bits per heavy atom. The maximum Gasteiger partial charge on any atom is 0.260 e. The summed E-state index contributed by atoms with van der Waals surface area (Å²) in [5.41, 5.74) is 5.50. The van der Waals surface area contributed by atoms with E-state index in [1.54, 1.807) is 30.0 Å². The first-order chi connectivity index (χ1) is 22.2. The van der Waals surface area contributed by atoms with Gasteiger partial charge in [-0.05, 0) is 81.3 Å². The van der Waals surface area contributed by atoms with Gasteiger partial charge >= 0.3 is 0 Å². The van der Waals surface area contributed by atoms with E-state index in [-0.39, 0.29) is 17.5 Å². The van der Waals surface area contributed by atoms with E-state index < -0.39 is 0 Å². The van der Waals surface area contributed by atoms with Gasteiger partial charge in [-0.25, -0.2) is 4.98 Å². The van der Waals surface area contributed by atoms with Gasteiger partial charge in [0.15, 0.2) is 0 Å². The molecule has 1 atom stereocenters. The van der Waals surface area contributed by atoms with Crippen LogP contribution in [0.4, 0.5) is 17.3 Å². The van der Waals surface area contributed by atoms with Crippen molar-refractivity contribution in [3.8, 4) is 16.9 Å². The van der Waals surface area contributed by atoms with Gasteiger partial charge in [-0.15, -0.1) is 0 Å². The third-order valence-electron chi connectivity index (χ3n) is 9.37. The van der Waals surface area contributed by atoms with E-state index in [1.165, 1.54) is 11.3 Å². The van der Waals surface area contributed by atoms with Crippen molar-refractivity contribution in [1.82, 2.24) is 24.3 Å². The highest BCUT2D eigenvalue weighted by atomic mass is 35.5. The van der Waals surface area contributed by atoms with Crippen molar-refractivity contribution in [2.24, 2.45) is 0 Å². The number of aryl methyl sites for hydroxylation is 2. The van der Waals surface area contributed by atoms with Crippen LogP contribution in [0.3, 0.4) is 0 Å². The summed E-state index contributed by atoms with van der Waals surface area (Å²) in [4.78, 5) is 43.6. The summed E-state index contributed by atoms with van der Waals surface area (Å²) >= 11 is 6.73. The van der Waals surface area contributed by atoms with Crippen LogP contribution in [0.5, 0.6) is 5.75 Å². The van der Waals surface area contributed by atoms with Crippen molar-refractivity contribution in [2.75, 3.05) is 63.6 Å². The Bertz CT molecular complexity index is 1830. The number of ether oxygens (including phenoxy) is 1. The third kappa shape index (κ3) is 6.16. The number of hydrogen-bond acceptors (Lipinski definition) is 8. The van der Waals surface area contributed by atoms with E-state index in [9.17, 15) is 9.59 Å². The zero-order chi connectivity index (χ0) is 32.5. The van der Waals surface area contributed by atoms with Crippen LogP contribution in [0, 0.1) is 13.8 Å². The summed E-state index contributed by atoms with van der Waals surface area (Å²) in [6.07, 6.45) is 3.75. The number of anilines is 3. The molecule has 2 aromatic heterocycles. The molecule has 0 aliphatic carbocycles. The van der Waals surface area contributed by atoms with Crippen LogP contribution in [0.1, 0.15) is 43.4 Å². The molecule has 46 heavy (non-hydrogen) atoms. The SMILES string of the molecule is CCC(=O)N1CCCC(n2c(=O)c(-c3ccc(OC)cc3Cl)c(C)c3cnc(Nc4ccc(N5CCN(C)CC5)c(C)c4)nc32)C1. The second kappa shape index (κ2) is 13.3. The number of hydrogen-bond donors (Lipinski definition) is 1. The van der Waals surface area contributed by atoms with Gasteiger partial charge in [-0.1, -0.05) is 18.5 Å². The minimum Gasteiger partial charge on any atom is -0.497 e. The number of rotatable bonds is 7. The number of aromatic nitrogens is 3. The number of carbonyl (C=O) groups is 1. The van der Waals surface area contributed by atoms with Crippen LogP contribution in [0.15, 0.2) is 47.4 Å². The minimum absolute atomic E-state index is 0.0833. The summed E-state index contributed by atoms with van der Waals surface area (Å²) in [6.45, 7) is 11.1. The lowest BCUT2D eigenvalue weighted by Gasteiger charge is -2.35. The van der Waals surface area contributed by atoms with Crippen molar-refractivity contribution in [1.29, 1.82) is 0 Å². The molecule has 2 aliphatic heterocycles. The maximum atomic E-state index is 14.6. The van der Waals surface area contributed by atoms with Crippen molar-refractivity contribution in [3.63, 3.8) is 0 Å². The Labute approximate surface area is 274 Å². The third-order valence-corrected chi connectivity index (χ3v) is 9.68. The van der Waals surface area contributed by atoms with Crippen molar-refractivity contribution < 1.29 is 9.53 Å². The Hall–Kier alpha value is -4.15. The minimum atomic E-state index is -0.247. The number of pyridine rings is 1. The lowest BCUT2D eigenvalue weighted by molar-refractivity contribution is -0.132. The number of likely N-dealkylation sites (tertiary alicyclic amines) is 1. The summed E-state index contributed by atoms with van der Waals surface area (Å²) in [5, 5.41) is 4.56. The van der Waals surface area contributed by atoms with Crippen LogP contribution >= 0.6 is 11.6 Å². The van der Waals surface area contributed by atoms with E-state index in [0.717, 1.165) is 55.7 Å². The molecule has 2 saturated heterocycles. The molecular formula is C35H42ClN7O3. The molecule has 0 radical (unpaired) electrons. The molecule has 242 valence electrons. The topological polar surface area (TPSA) is 95.8 Å². The molecule has 2 fully saturated rings. The molecule has 0 saturated carbocycles. The number of piperazine rings is 1. The fourth-order valence-corrected chi connectivity index (χ4v) is 7.02. The Morgan fingerprint density at radius 3 is 2.57 bits per heavy atom. The summed E-state index contributed by atoms with van der Waals surface area (Å²) in [5.74, 6) is 1.10. The van der Waals surface area contributed by atoms with E-state index in [4.69, 9.17) is 26.3 Å². The van der Waals surface area contributed by atoms with Gasteiger partial charge in [0.05, 0.1) is 23.7 Å². The zero-order valence-corrected chi connectivity index (χ0v) is 28.0. The van der Waals surface area contributed by atoms with Gasteiger partial charge in [-0.3, -0.25) is 14.2 Å². The first-order valence-corrected chi connectivity index (χ1v) is 16.4. The molecular weight excluding hydrogens is 602 g/mol. The number of halogens is 1. The normalized spacial score (nSPS) is 17.4. The number of nitrogens with one attached hydrogen (secondary N) is 1. The van der Waals surface area contributed by atoms with Gasteiger partial charge < -0.3 is 24.8 Å². The summed E-state index contributed by atoms with van der Waals surface area (Å²) in [7, 11) is 3.74. The van der Waals surface area contributed by atoms with Crippen molar-refractivity contribution in [2.45, 2.75) is 46.1 Å². The second-order valence-electron chi connectivity index (χ2n) is 12.4. The molecule has 1 N–H and O–H groups in total. The monoisotopic (exact) mass is 643 g/mol. The standard InChI is InChI=1S/C35H42ClN7O3/c1-6-31(44)42-13-7-8-25(21-42)43-33-28(23(3)32(34(43)45)27-11-10-26(46-5)19-29(27)36)20-37-35(39-33)38-24-9-12-30(22(2)18-24)41-16-14-40(4)15-17-41/h9-12,18-20,25H,6-8,13-17,21H2,1-5H3,(H,37,38,39). The Morgan fingerprint density at radius 1 is 1.09 bits per heavy atom. The predicted octanol–water partition coefficient (Wildman–Crippen LogP) is 5.81. The number of likely N-dealkylation sites (N-methyl/N-ethyl adjacent to an activating group) is 1. The van der Waals surface area contributed by atoms with E-state index >= 15 is 0 Å². The molecule has 2 aliphatic rings. The number of benzene rings is 2. The Balaban J connectivity index is 1.43. The molecule has 0 spiro atoms. The molecule has 0 bridgehead atoms. The molecule has 6 rings (SSSR count). The average Bonchev–Trinajstić information content (AvgIpc) is 3.06. The van der Waals surface area contributed by atoms with Crippen LogP contribution in [0.25, 0.3) is 22.2 Å². The van der Waals surface area contributed by atoms with Gasteiger partial charge in [0.25, 0.3) is 5.56 Å². The van der Waals surface area contributed by atoms with Gasteiger partial charge in [0, 0.05) is 74.2 Å². The van der Waals surface area contributed by atoms with E-state index in [2.05, 4.69) is 47.3 Å². The molecule has 4 aromatic rings. The van der Waals surface area contributed by atoms with E-state index in [1.807, 2.05) is 24.8 Å². The number of piperidine rings is 1. The fraction of sp³-hybridized carbons (Fsp3) is 0.429. The molecule has 2 aromatic carbocycles. The lowest BCUT2D eigenvalue weighted by atomic mass is 9.98. The number of methoxy groups -OCH3 is 1. The van der Waals surface area contributed by atoms with Crippen molar-refractivity contribution in [3.05, 3.63) is 69.1 Å². The maximum absolute atomic E-state index is 14.6. The Kier molecular flexibility index (Phi) is 9.20. The number of fused-ring (bicyclic) bond motifs is 1. The number of amides is 1. The highest BCUT2D eigenvalue weighted by Gasteiger charge is 2.29. The number of nitrogens with zero attached hydrogens (tertiary/aromatic N) is 6. The lowest BCUT2D eigenvalue weighted by Crippen LogP contribution is -2.44. The second-order valence-corrected chi connectivity index (χ2v) is 12.8. The highest BCUT2D eigenvalue weighted by Crippen LogP contribution is 2.35. The first kappa shape index (κ1) is 31.8. The molecule has 1 amide bonds. The zero-order valence-electron chi connectivity index (χ0n) is 27.3. The van der Waals surface area contributed by atoms with Crippen LogP contribution < -0.4 is 20.5 Å². The molecule has 4 heterocycles. The number of carbonyl (C=O) groups excluding carboxylic acids is 1. The van der Waals surface area contributed by atoms with Crippen molar-refractivity contribution >= 4 is 45.9 Å². The summed E-state index contributed by atoms with van der Waals surface area (Å²) < 4.78 is 7.12. The molecule has 11 heteroatoms. The van der Waals surface area contributed by atoms with Crippen LogP contribution in [0.2, 0.25) is 5.02 Å². The predicted molar refractivity (Wildman–Crippen MR) is 185 cm³/mol. The van der Waals surface area contributed by atoms with E-state index in [0.29, 0.717) is 53.0 Å². The van der Waals surface area contributed by atoms with Gasteiger partial charge in [-0.2, -0.15) is 4.98 Å². The average molecular weight is 644 g/mol. The summed E-state index contributed by atoms with van der Waals surface area (Å²) in [6, 6.07) is 11.4. The smallest absolute Gasteiger partial charge is 0.260 e. The fourth-order valence-electron chi connectivity index (χ4n) is 6.75. The van der Waals surface area contributed by atoms with Gasteiger partial charge in [0.1, 0.15) is 11.4 Å². The van der Waals surface area contributed by atoms with Gasteiger partial charge in [0.2, 0.25) is 11.9 Å². The molecule has 1 unspecified atom stereocenters. The largest absolute Gasteiger partial charge is 0.497 e. The van der Waals surface area contributed by atoms with Crippen LogP contribution in [-0.2, 0) is 4.79 Å². The highest BCUT2D eigenvalue weighted by molar-refractivity contribution is 6.33. The molecule has 10 nitrogen and oxygen atoms in total. The van der Waals surface area contributed by atoms with Crippen LogP contribution in [-0.4, -0.2) is 83.7 Å². The quantitative estimate of drug-likeness (QED) is 0.270.